The van der Waals surface area contributed by atoms with Crippen molar-refractivity contribution in [3.63, 3.8) is 0 Å². The molecule has 0 fully saturated rings. The molecular formula is C55H39N3. The van der Waals surface area contributed by atoms with Gasteiger partial charge in [0.25, 0.3) is 0 Å². The van der Waals surface area contributed by atoms with Gasteiger partial charge in [-0.25, -0.2) is 9.97 Å². The number of fused-ring (bicyclic) bond motifs is 6. The summed E-state index contributed by atoms with van der Waals surface area (Å²) in [5.74, 6) is 0.702. The second-order valence-corrected chi connectivity index (χ2v) is 15.8. The summed E-state index contributed by atoms with van der Waals surface area (Å²) in [6, 6.07) is 71.9. The molecule has 1 aliphatic rings. The van der Waals surface area contributed by atoms with Crippen molar-refractivity contribution >= 4 is 21.8 Å². The number of para-hydroxylation sites is 1. The standard InChI is InChI=1S/C55H39N3/c1-55(2)48-24-13-12-23-44(48)45-28-25-40(33-49(45)55)39-27-30-52-47(32-39)46-29-26-41(34-53(46)58(52)43-21-10-5-11-22-43)38-19-14-20-42(31-38)54-56-50(36-15-6-3-7-16-36)35-51(57-54)37-17-8-4-9-18-37/h3-35H,1-2H3. The van der Waals surface area contributed by atoms with Crippen molar-refractivity contribution in [1.82, 2.24) is 14.5 Å². The smallest absolute Gasteiger partial charge is 0.160 e. The van der Waals surface area contributed by atoms with Gasteiger partial charge in [-0.3, -0.25) is 0 Å². The molecule has 0 unspecified atom stereocenters. The van der Waals surface area contributed by atoms with E-state index in [2.05, 4.69) is 206 Å². The predicted octanol–water partition coefficient (Wildman–Crippen LogP) is 14.2. The molecule has 0 N–H and O–H groups in total. The van der Waals surface area contributed by atoms with E-state index in [0.29, 0.717) is 5.82 Å². The van der Waals surface area contributed by atoms with Crippen molar-refractivity contribution in [2.45, 2.75) is 19.3 Å². The van der Waals surface area contributed by atoms with E-state index in [1.807, 2.05) is 12.1 Å². The molecule has 0 saturated carbocycles. The number of aromatic nitrogens is 3. The third kappa shape index (κ3) is 5.58. The van der Waals surface area contributed by atoms with Gasteiger partial charge >= 0.3 is 0 Å². The lowest BCUT2D eigenvalue weighted by molar-refractivity contribution is 0.660. The summed E-state index contributed by atoms with van der Waals surface area (Å²) in [6.07, 6.45) is 0. The Morgan fingerprint density at radius 1 is 0.362 bits per heavy atom. The van der Waals surface area contributed by atoms with Crippen LogP contribution >= 0.6 is 0 Å². The van der Waals surface area contributed by atoms with Crippen molar-refractivity contribution in [2.24, 2.45) is 0 Å². The van der Waals surface area contributed by atoms with Crippen molar-refractivity contribution in [2.75, 3.05) is 0 Å². The fourth-order valence-electron chi connectivity index (χ4n) is 9.05. The topological polar surface area (TPSA) is 30.7 Å². The molecule has 3 heteroatoms. The average Bonchev–Trinajstić information content (AvgIpc) is 3.74. The monoisotopic (exact) mass is 741 g/mol. The zero-order valence-electron chi connectivity index (χ0n) is 32.4. The fourth-order valence-corrected chi connectivity index (χ4v) is 9.05. The Hall–Kier alpha value is -7.36. The van der Waals surface area contributed by atoms with Crippen LogP contribution in [0, 0.1) is 0 Å². The van der Waals surface area contributed by atoms with E-state index >= 15 is 0 Å². The lowest BCUT2D eigenvalue weighted by Gasteiger charge is -2.22. The Kier molecular flexibility index (Phi) is 7.84. The molecular weight excluding hydrogens is 703 g/mol. The maximum atomic E-state index is 5.12. The highest BCUT2D eigenvalue weighted by Crippen LogP contribution is 2.50. The molecule has 0 aliphatic heterocycles. The Morgan fingerprint density at radius 3 is 1.66 bits per heavy atom. The molecule has 0 amide bonds. The first-order valence-corrected chi connectivity index (χ1v) is 20.0. The molecule has 11 rings (SSSR count). The van der Waals surface area contributed by atoms with E-state index in [1.165, 1.54) is 55.2 Å². The van der Waals surface area contributed by atoms with Gasteiger partial charge in [-0.1, -0.05) is 166 Å². The van der Waals surface area contributed by atoms with Gasteiger partial charge < -0.3 is 4.57 Å². The van der Waals surface area contributed by atoms with E-state index < -0.39 is 0 Å². The highest BCUT2D eigenvalue weighted by Gasteiger charge is 2.35. The van der Waals surface area contributed by atoms with Crippen molar-refractivity contribution in [3.8, 4) is 73.0 Å². The van der Waals surface area contributed by atoms with Crippen LogP contribution in [0.25, 0.3) is 94.8 Å². The summed E-state index contributed by atoms with van der Waals surface area (Å²) in [7, 11) is 0. The normalized spacial score (nSPS) is 12.8. The van der Waals surface area contributed by atoms with Gasteiger partial charge in [0.15, 0.2) is 5.82 Å². The molecule has 3 nitrogen and oxygen atoms in total. The molecule has 58 heavy (non-hydrogen) atoms. The van der Waals surface area contributed by atoms with Crippen LogP contribution in [0.15, 0.2) is 200 Å². The first-order valence-electron chi connectivity index (χ1n) is 20.0. The quantitative estimate of drug-likeness (QED) is 0.170. The van der Waals surface area contributed by atoms with Crippen LogP contribution in [0.2, 0.25) is 0 Å². The van der Waals surface area contributed by atoms with Gasteiger partial charge in [0.2, 0.25) is 0 Å². The van der Waals surface area contributed by atoms with Gasteiger partial charge in [-0.2, -0.15) is 0 Å². The SMILES string of the molecule is CC1(C)c2ccccc2-c2ccc(-c3ccc4c(c3)c3ccc(-c5cccc(-c6nc(-c7ccccc7)cc(-c7ccccc7)n6)c5)cc3n4-c3ccccc3)cc21. The van der Waals surface area contributed by atoms with E-state index in [0.717, 1.165) is 44.9 Å². The van der Waals surface area contributed by atoms with E-state index in [9.17, 15) is 0 Å². The molecule has 0 radical (unpaired) electrons. The molecule has 0 bridgehead atoms. The maximum absolute atomic E-state index is 5.12. The highest BCUT2D eigenvalue weighted by molar-refractivity contribution is 6.11. The predicted molar refractivity (Wildman–Crippen MR) is 241 cm³/mol. The first-order chi connectivity index (χ1) is 28.5. The lowest BCUT2D eigenvalue weighted by Crippen LogP contribution is -2.14. The van der Waals surface area contributed by atoms with Crippen LogP contribution in [0.3, 0.4) is 0 Å². The van der Waals surface area contributed by atoms with Crippen molar-refractivity contribution in [1.29, 1.82) is 0 Å². The second kappa shape index (κ2) is 13.4. The average molecular weight is 742 g/mol. The van der Waals surface area contributed by atoms with Crippen molar-refractivity contribution < 1.29 is 0 Å². The third-order valence-corrected chi connectivity index (χ3v) is 12.0. The van der Waals surface area contributed by atoms with Gasteiger partial charge in [0, 0.05) is 38.6 Å². The second-order valence-electron chi connectivity index (χ2n) is 15.8. The van der Waals surface area contributed by atoms with Gasteiger partial charge in [0.05, 0.1) is 22.4 Å². The van der Waals surface area contributed by atoms with E-state index in [-0.39, 0.29) is 5.41 Å². The van der Waals surface area contributed by atoms with Gasteiger partial charge in [0.1, 0.15) is 0 Å². The molecule has 0 atom stereocenters. The zero-order valence-corrected chi connectivity index (χ0v) is 32.4. The van der Waals surface area contributed by atoms with E-state index in [1.54, 1.807) is 0 Å². The number of hydrogen-bond donors (Lipinski definition) is 0. The summed E-state index contributed by atoms with van der Waals surface area (Å²) >= 11 is 0. The molecule has 2 heterocycles. The van der Waals surface area contributed by atoms with Crippen LogP contribution in [-0.2, 0) is 5.41 Å². The zero-order chi connectivity index (χ0) is 38.8. The Bertz CT molecular complexity index is 3120. The van der Waals surface area contributed by atoms with Crippen molar-refractivity contribution in [3.05, 3.63) is 211 Å². The van der Waals surface area contributed by atoms with Crippen LogP contribution in [0.5, 0.6) is 0 Å². The van der Waals surface area contributed by atoms with Gasteiger partial charge in [-0.15, -0.1) is 0 Å². The largest absolute Gasteiger partial charge is 0.309 e. The molecule has 0 saturated heterocycles. The van der Waals surface area contributed by atoms with Crippen LogP contribution in [0.1, 0.15) is 25.0 Å². The molecule has 274 valence electrons. The number of rotatable bonds is 6. The Balaban J connectivity index is 1.03. The minimum absolute atomic E-state index is 0.0515. The minimum atomic E-state index is -0.0515. The van der Waals surface area contributed by atoms with Crippen LogP contribution in [0.4, 0.5) is 0 Å². The van der Waals surface area contributed by atoms with Crippen LogP contribution in [-0.4, -0.2) is 14.5 Å². The molecule has 8 aromatic carbocycles. The first kappa shape index (κ1) is 33.9. The lowest BCUT2D eigenvalue weighted by atomic mass is 9.81. The highest BCUT2D eigenvalue weighted by atomic mass is 15.0. The number of hydrogen-bond acceptors (Lipinski definition) is 2. The van der Waals surface area contributed by atoms with Crippen LogP contribution < -0.4 is 0 Å². The Labute approximate surface area is 338 Å². The number of benzene rings is 8. The summed E-state index contributed by atoms with van der Waals surface area (Å²) in [4.78, 5) is 10.2. The Morgan fingerprint density at radius 2 is 0.914 bits per heavy atom. The maximum Gasteiger partial charge on any atom is 0.160 e. The van der Waals surface area contributed by atoms with Gasteiger partial charge in [-0.05, 0) is 93.0 Å². The summed E-state index contributed by atoms with van der Waals surface area (Å²) in [6.45, 7) is 4.70. The summed E-state index contributed by atoms with van der Waals surface area (Å²) in [5, 5.41) is 2.46. The molecule has 0 spiro atoms. The summed E-state index contributed by atoms with van der Waals surface area (Å²) < 4.78 is 2.41. The van der Waals surface area contributed by atoms with E-state index in [4.69, 9.17) is 9.97 Å². The molecule has 10 aromatic rings. The molecule has 1 aliphatic carbocycles. The summed E-state index contributed by atoms with van der Waals surface area (Å²) in [5.41, 5.74) is 18.5. The number of nitrogens with zero attached hydrogens (tertiary/aromatic N) is 3. The molecule has 2 aromatic heterocycles. The third-order valence-electron chi connectivity index (χ3n) is 12.0. The fraction of sp³-hybridized carbons (Fsp3) is 0.0545. The minimum Gasteiger partial charge on any atom is -0.309 e.